The van der Waals surface area contributed by atoms with Crippen LogP contribution in [-0.4, -0.2) is 29.6 Å². The van der Waals surface area contributed by atoms with Crippen molar-refractivity contribution in [2.24, 2.45) is 7.05 Å². The molecule has 4 aromatic heterocycles. The molecule has 0 N–H and O–H groups in total. The van der Waals surface area contributed by atoms with Gasteiger partial charge >= 0.3 is 0 Å². The van der Waals surface area contributed by atoms with Crippen molar-refractivity contribution in [1.29, 1.82) is 0 Å². The van der Waals surface area contributed by atoms with Gasteiger partial charge in [-0.1, -0.05) is 11.3 Å². The Kier molecular flexibility index (Phi) is 2.69. The van der Waals surface area contributed by atoms with Crippen molar-refractivity contribution >= 4 is 27.6 Å². The summed E-state index contributed by atoms with van der Waals surface area (Å²) in [5, 5.41) is 18.2. The number of fused-ring (bicyclic) bond motifs is 1. The van der Waals surface area contributed by atoms with Crippen LogP contribution in [-0.2, 0) is 7.05 Å². The summed E-state index contributed by atoms with van der Waals surface area (Å²) in [5.41, 5.74) is 2.22. The van der Waals surface area contributed by atoms with Gasteiger partial charge in [0.05, 0.1) is 16.6 Å². The molecule has 0 spiro atoms. The third-order valence-corrected chi connectivity index (χ3v) is 5.55. The molecule has 0 aromatic carbocycles. The van der Waals surface area contributed by atoms with E-state index in [0.29, 0.717) is 0 Å². The Labute approximate surface area is 128 Å². The summed E-state index contributed by atoms with van der Waals surface area (Å²) in [4.78, 5) is 3.30. The third kappa shape index (κ3) is 1.98. The van der Waals surface area contributed by atoms with E-state index in [1.54, 1.807) is 38.1 Å². The maximum atomic E-state index is 4.67. The summed E-state index contributed by atoms with van der Waals surface area (Å²) in [6.07, 6.45) is 3.68. The van der Waals surface area contributed by atoms with E-state index in [1.165, 1.54) is 15.3 Å². The van der Waals surface area contributed by atoms with Crippen LogP contribution in [0.15, 0.2) is 18.5 Å². The molecule has 0 saturated heterocycles. The van der Waals surface area contributed by atoms with E-state index in [-0.39, 0.29) is 0 Å². The molecule has 0 radical (unpaired) electrons. The fourth-order valence-corrected chi connectivity index (χ4v) is 4.03. The highest BCUT2D eigenvalue weighted by Crippen LogP contribution is 2.34. The molecule has 0 aliphatic rings. The summed E-state index contributed by atoms with van der Waals surface area (Å²) in [6.45, 7) is 4.25. The van der Waals surface area contributed by atoms with Gasteiger partial charge in [0.15, 0.2) is 10.8 Å². The van der Waals surface area contributed by atoms with Crippen molar-refractivity contribution in [2.45, 2.75) is 13.8 Å². The maximum absolute atomic E-state index is 4.67. The van der Waals surface area contributed by atoms with Crippen LogP contribution in [0.4, 0.5) is 0 Å². The molecule has 106 valence electrons. The molecule has 0 aliphatic heterocycles. The first-order valence-corrected chi connectivity index (χ1v) is 8.04. The Bertz CT molecular complexity index is 922. The lowest BCUT2D eigenvalue weighted by molar-refractivity contribution is 0.768. The van der Waals surface area contributed by atoms with Crippen LogP contribution in [0.2, 0.25) is 0 Å². The number of aromatic nitrogens is 6. The minimum absolute atomic E-state index is 0.727. The predicted octanol–water partition coefficient (Wildman–Crippen LogP) is 2.93. The molecule has 0 unspecified atom stereocenters. The zero-order chi connectivity index (χ0) is 14.6. The Morgan fingerprint density at radius 2 is 2.00 bits per heavy atom. The molecule has 4 rings (SSSR count). The van der Waals surface area contributed by atoms with Gasteiger partial charge in [0.25, 0.3) is 0 Å². The Balaban J connectivity index is 1.85. The van der Waals surface area contributed by atoms with E-state index in [4.69, 9.17) is 0 Å². The van der Waals surface area contributed by atoms with E-state index in [2.05, 4.69) is 40.3 Å². The number of rotatable bonds is 2. The first-order chi connectivity index (χ1) is 10.1. The van der Waals surface area contributed by atoms with Crippen molar-refractivity contribution in [3.63, 3.8) is 0 Å². The number of aryl methyl sites for hydroxylation is 3. The second kappa shape index (κ2) is 4.47. The minimum Gasteiger partial charge on any atom is -0.275 e. The molecular weight excluding hydrogens is 304 g/mol. The molecule has 0 saturated carbocycles. The van der Waals surface area contributed by atoms with Gasteiger partial charge in [-0.15, -0.1) is 21.5 Å². The molecule has 0 amide bonds. The zero-order valence-electron chi connectivity index (χ0n) is 11.7. The molecule has 6 nitrogen and oxygen atoms in total. The second-order valence-electron chi connectivity index (χ2n) is 4.88. The van der Waals surface area contributed by atoms with E-state index in [0.717, 1.165) is 21.4 Å². The van der Waals surface area contributed by atoms with Crippen LogP contribution in [0, 0.1) is 13.8 Å². The van der Waals surface area contributed by atoms with Gasteiger partial charge in [-0.3, -0.25) is 4.68 Å². The Hall–Kier alpha value is -2.06. The number of hydrogen-bond acceptors (Lipinski definition) is 6. The predicted molar refractivity (Wildman–Crippen MR) is 83.6 cm³/mol. The van der Waals surface area contributed by atoms with Gasteiger partial charge in [-0.05, 0) is 25.5 Å². The highest BCUT2D eigenvalue weighted by Gasteiger charge is 2.16. The van der Waals surface area contributed by atoms with Crippen molar-refractivity contribution < 1.29 is 0 Å². The summed E-state index contributed by atoms with van der Waals surface area (Å²) in [5.74, 6) is 0.727. The molecule has 21 heavy (non-hydrogen) atoms. The monoisotopic (exact) mass is 316 g/mol. The van der Waals surface area contributed by atoms with Crippen LogP contribution in [0.3, 0.4) is 0 Å². The van der Waals surface area contributed by atoms with Gasteiger partial charge in [-0.2, -0.15) is 14.7 Å². The van der Waals surface area contributed by atoms with Crippen molar-refractivity contribution in [1.82, 2.24) is 29.6 Å². The molecule has 8 heteroatoms. The van der Waals surface area contributed by atoms with Crippen LogP contribution in [0.1, 0.15) is 10.4 Å². The third-order valence-electron chi connectivity index (χ3n) is 3.33. The molecule has 4 heterocycles. The average Bonchev–Trinajstić information content (AvgIpc) is 3.15. The van der Waals surface area contributed by atoms with E-state index in [1.807, 2.05) is 13.2 Å². The number of thiophene rings is 1. The summed E-state index contributed by atoms with van der Waals surface area (Å²) >= 11 is 3.32. The van der Waals surface area contributed by atoms with E-state index < -0.39 is 0 Å². The second-order valence-corrected chi connectivity index (χ2v) is 7.09. The standard InChI is InChI=1S/C13H12N6S2/c1-7-4-10(20-8(7)2)12-17-19-11(15-16-13(19)21-12)9-5-14-18(3)6-9/h4-6H,1-3H3. The fourth-order valence-electron chi connectivity index (χ4n) is 2.11. The van der Waals surface area contributed by atoms with E-state index in [9.17, 15) is 0 Å². The lowest BCUT2D eigenvalue weighted by atomic mass is 10.3. The minimum atomic E-state index is 0.727. The Morgan fingerprint density at radius 1 is 1.14 bits per heavy atom. The lowest BCUT2D eigenvalue weighted by Gasteiger charge is -1.90. The largest absolute Gasteiger partial charge is 0.275 e. The molecule has 0 fully saturated rings. The molecular formula is C13H12N6S2. The van der Waals surface area contributed by atoms with Gasteiger partial charge in [0.1, 0.15) is 0 Å². The van der Waals surface area contributed by atoms with Gasteiger partial charge in [0, 0.05) is 18.1 Å². The average molecular weight is 316 g/mol. The topological polar surface area (TPSA) is 60.9 Å². The van der Waals surface area contributed by atoms with Crippen molar-refractivity contribution in [3.8, 4) is 21.3 Å². The fraction of sp³-hybridized carbons (Fsp3) is 0.231. The molecule has 0 bridgehead atoms. The van der Waals surface area contributed by atoms with Crippen molar-refractivity contribution in [3.05, 3.63) is 28.9 Å². The SMILES string of the molecule is Cc1cc(-c2nn3c(-c4cnn(C)c4)nnc3s2)sc1C. The maximum Gasteiger partial charge on any atom is 0.235 e. The first kappa shape index (κ1) is 12.7. The molecule has 0 atom stereocenters. The molecule has 0 aliphatic carbocycles. The van der Waals surface area contributed by atoms with Gasteiger partial charge in [-0.25, -0.2) is 0 Å². The normalized spacial score (nSPS) is 11.6. The van der Waals surface area contributed by atoms with Crippen LogP contribution in [0.5, 0.6) is 0 Å². The summed E-state index contributed by atoms with van der Waals surface area (Å²) < 4.78 is 3.54. The highest BCUT2D eigenvalue weighted by molar-refractivity contribution is 7.24. The van der Waals surface area contributed by atoms with Crippen LogP contribution < -0.4 is 0 Å². The quantitative estimate of drug-likeness (QED) is 0.570. The first-order valence-electron chi connectivity index (χ1n) is 6.40. The van der Waals surface area contributed by atoms with E-state index >= 15 is 0 Å². The van der Waals surface area contributed by atoms with Gasteiger partial charge in [0.2, 0.25) is 4.96 Å². The highest BCUT2D eigenvalue weighted by atomic mass is 32.1. The lowest BCUT2D eigenvalue weighted by Crippen LogP contribution is -1.89. The smallest absolute Gasteiger partial charge is 0.235 e. The molecule has 4 aromatic rings. The van der Waals surface area contributed by atoms with Gasteiger partial charge < -0.3 is 0 Å². The summed E-state index contributed by atoms with van der Waals surface area (Å²) in [7, 11) is 1.88. The van der Waals surface area contributed by atoms with Crippen molar-refractivity contribution in [2.75, 3.05) is 0 Å². The number of hydrogen-bond donors (Lipinski definition) is 0. The Morgan fingerprint density at radius 3 is 2.67 bits per heavy atom. The van der Waals surface area contributed by atoms with Crippen LogP contribution >= 0.6 is 22.7 Å². The summed E-state index contributed by atoms with van der Waals surface area (Å²) in [6, 6.07) is 2.18. The number of nitrogens with zero attached hydrogens (tertiary/aromatic N) is 6. The van der Waals surface area contributed by atoms with Crippen LogP contribution in [0.25, 0.3) is 26.2 Å². The zero-order valence-corrected chi connectivity index (χ0v) is 13.4.